The predicted octanol–water partition coefficient (Wildman–Crippen LogP) is 4.74. The molecule has 32 heavy (non-hydrogen) atoms. The molecule has 0 saturated carbocycles. The molecule has 0 atom stereocenters. The van der Waals surface area contributed by atoms with Gasteiger partial charge in [0.1, 0.15) is 5.82 Å². The number of hydrogen-bond acceptors (Lipinski definition) is 4. The second-order valence-electron chi connectivity index (χ2n) is 7.91. The van der Waals surface area contributed by atoms with Gasteiger partial charge in [-0.15, -0.1) is 0 Å². The maximum Gasteiger partial charge on any atom is 0.416 e. The lowest BCUT2D eigenvalue weighted by molar-refractivity contribution is -0.137. The highest BCUT2D eigenvalue weighted by Crippen LogP contribution is 2.31. The SMILES string of the molecule is Cc1ccc(C(=O)N2CCN(c3cc(C)nc(-c4ccc(C(F)(F)F)cc4)n3)CC2)cc1. The molecule has 1 aromatic heterocycles. The standard InChI is InChI=1S/C24H23F3N4O/c1-16-3-5-19(6-4-16)23(32)31-13-11-30(12-14-31)21-15-17(2)28-22(29-21)18-7-9-20(10-8-18)24(25,26)27/h3-10,15H,11-14H2,1-2H3. The molecule has 2 heterocycles. The first-order chi connectivity index (χ1) is 15.2. The second-order valence-corrected chi connectivity index (χ2v) is 7.91. The fraction of sp³-hybridized carbons (Fsp3) is 0.292. The van der Waals surface area contributed by atoms with Crippen LogP contribution in [0.1, 0.15) is 27.2 Å². The molecule has 0 unspecified atom stereocenters. The highest BCUT2D eigenvalue weighted by molar-refractivity contribution is 5.94. The molecular formula is C24H23F3N4O. The molecule has 8 heteroatoms. The summed E-state index contributed by atoms with van der Waals surface area (Å²) in [6, 6.07) is 14.2. The van der Waals surface area contributed by atoms with Crippen molar-refractivity contribution in [3.8, 4) is 11.4 Å². The van der Waals surface area contributed by atoms with E-state index in [-0.39, 0.29) is 5.91 Å². The van der Waals surface area contributed by atoms with Crippen molar-refractivity contribution in [3.05, 3.63) is 77.0 Å². The Balaban J connectivity index is 1.47. The smallest absolute Gasteiger partial charge is 0.353 e. The van der Waals surface area contributed by atoms with E-state index in [0.29, 0.717) is 48.9 Å². The summed E-state index contributed by atoms with van der Waals surface area (Å²) >= 11 is 0. The molecule has 0 bridgehead atoms. The Labute approximate surface area is 184 Å². The Kier molecular flexibility index (Phi) is 5.86. The van der Waals surface area contributed by atoms with Crippen LogP contribution in [0.2, 0.25) is 0 Å². The van der Waals surface area contributed by atoms with Crippen molar-refractivity contribution in [2.24, 2.45) is 0 Å². The van der Waals surface area contributed by atoms with Crippen LogP contribution in [0, 0.1) is 13.8 Å². The number of rotatable bonds is 3. The molecule has 0 spiro atoms. The molecule has 2 aromatic carbocycles. The number of amides is 1. The van der Waals surface area contributed by atoms with Crippen LogP contribution >= 0.6 is 0 Å². The number of anilines is 1. The minimum absolute atomic E-state index is 0.00830. The second kappa shape index (κ2) is 8.61. The molecule has 3 aromatic rings. The van der Waals surface area contributed by atoms with E-state index in [1.807, 2.05) is 49.1 Å². The van der Waals surface area contributed by atoms with Gasteiger partial charge in [-0.25, -0.2) is 9.97 Å². The summed E-state index contributed by atoms with van der Waals surface area (Å²) in [5, 5.41) is 0. The molecule has 4 rings (SSSR count). The van der Waals surface area contributed by atoms with Gasteiger partial charge in [-0.05, 0) is 38.1 Å². The average molecular weight is 440 g/mol. The number of carbonyl (C=O) groups is 1. The lowest BCUT2D eigenvalue weighted by Gasteiger charge is -2.35. The third kappa shape index (κ3) is 4.74. The largest absolute Gasteiger partial charge is 0.416 e. The van der Waals surface area contributed by atoms with Crippen molar-refractivity contribution in [2.75, 3.05) is 31.1 Å². The number of carbonyl (C=O) groups excluding carboxylic acids is 1. The first-order valence-corrected chi connectivity index (χ1v) is 10.3. The average Bonchev–Trinajstić information content (AvgIpc) is 2.78. The Hall–Kier alpha value is -3.42. The quantitative estimate of drug-likeness (QED) is 0.590. The minimum atomic E-state index is -4.38. The molecule has 0 radical (unpaired) electrons. The fourth-order valence-corrected chi connectivity index (χ4v) is 3.67. The van der Waals surface area contributed by atoms with Gasteiger partial charge in [-0.3, -0.25) is 4.79 Å². The fourth-order valence-electron chi connectivity index (χ4n) is 3.67. The van der Waals surface area contributed by atoms with Gasteiger partial charge in [0.25, 0.3) is 5.91 Å². The molecule has 1 amide bonds. The van der Waals surface area contributed by atoms with Crippen LogP contribution in [0.15, 0.2) is 54.6 Å². The summed E-state index contributed by atoms with van der Waals surface area (Å²) in [6.07, 6.45) is -4.38. The Bertz CT molecular complexity index is 1100. The summed E-state index contributed by atoms with van der Waals surface area (Å²) in [7, 11) is 0. The van der Waals surface area contributed by atoms with Crippen LogP contribution in [0.3, 0.4) is 0 Å². The Morgan fingerprint density at radius 3 is 2.09 bits per heavy atom. The summed E-state index contributed by atoms with van der Waals surface area (Å²) in [4.78, 5) is 25.6. The molecule has 0 aliphatic carbocycles. The maximum absolute atomic E-state index is 12.8. The van der Waals surface area contributed by atoms with Crippen LogP contribution < -0.4 is 4.90 Å². The van der Waals surface area contributed by atoms with Crippen molar-refractivity contribution in [1.82, 2.24) is 14.9 Å². The van der Waals surface area contributed by atoms with Crippen molar-refractivity contribution >= 4 is 11.7 Å². The van der Waals surface area contributed by atoms with Crippen LogP contribution in [0.25, 0.3) is 11.4 Å². The number of piperazine rings is 1. The third-order valence-electron chi connectivity index (χ3n) is 5.50. The van der Waals surface area contributed by atoms with Crippen LogP contribution in [-0.4, -0.2) is 47.0 Å². The zero-order chi connectivity index (χ0) is 22.9. The zero-order valence-electron chi connectivity index (χ0n) is 17.9. The molecular weight excluding hydrogens is 417 g/mol. The molecule has 166 valence electrons. The summed E-state index contributed by atoms with van der Waals surface area (Å²) < 4.78 is 38.5. The third-order valence-corrected chi connectivity index (χ3v) is 5.50. The lowest BCUT2D eigenvalue weighted by Crippen LogP contribution is -2.49. The number of benzene rings is 2. The van der Waals surface area contributed by atoms with E-state index in [4.69, 9.17) is 0 Å². The minimum Gasteiger partial charge on any atom is -0.353 e. The van der Waals surface area contributed by atoms with Gasteiger partial charge in [-0.1, -0.05) is 29.8 Å². The lowest BCUT2D eigenvalue weighted by atomic mass is 10.1. The number of nitrogens with zero attached hydrogens (tertiary/aromatic N) is 4. The van der Waals surface area contributed by atoms with Crippen molar-refractivity contribution in [2.45, 2.75) is 20.0 Å². The monoisotopic (exact) mass is 440 g/mol. The summed E-state index contributed by atoms with van der Waals surface area (Å²) in [5.41, 5.74) is 2.32. The van der Waals surface area contributed by atoms with E-state index in [9.17, 15) is 18.0 Å². The van der Waals surface area contributed by atoms with Gasteiger partial charge in [-0.2, -0.15) is 13.2 Å². The zero-order valence-corrected chi connectivity index (χ0v) is 17.9. The van der Waals surface area contributed by atoms with Crippen LogP contribution in [0.4, 0.5) is 19.0 Å². The van der Waals surface area contributed by atoms with E-state index < -0.39 is 11.7 Å². The van der Waals surface area contributed by atoms with Gasteiger partial charge in [0.05, 0.1) is 5.56 Å². The van der Waals surface area contributed by atoms with Gasteiger partial charge >= 0.3 is 6.18 Å². The molecule has 1 fully saturated rings. The van der Waals surface area contributed by atoms with Crippen molar-refractivity contribution in [1.29, 1.82) is 0 Å². The first-order valence-electron chi connectivity index (χ1n) is 10.3. The Morgan fingerprint density at radius 2 is 1.50 bits per heavy atom. The maximum atomic E-state index is 12.8. The van der Waals surface area contributed by atoms with Gasteiger partial charge < -0.3 is 9.80 Å². The molecule has 1 aliphatic heterocycles. The van der Waals surface area contributed by atoms with Crippen molar-refractivity contribution in [3.63, 3.8) is 0 Å². The van der Waals surface area contributed by atoms with Gasteiger partial charge in [0.2, 0.25) is 0 Å². The van der Waals surface area contributed by atoms with E-state index in [1.165, 1.54) is 12.1 Å². The van der Waals surface area contributed by atoms with Gasteiger partial charge in [0.15, 0.2) is 5.82 Å². The van der Waals surface area contributed by atoms with Crippen molar-refractivity contribution < 1.29 is 18.0 Å². The topological polar surface area (TPSA) is 49.3 Å². The summed E-state index contributed by atoms with van der Waals surface area (Å²) in [6.45, 7) is 6.16. The number of aryl methyl sites for hydroxylation is 2. The molecule has 5 nitrogen and oxygen atoms in total. The highest BCUT2D eigenvalue weighted by Gasteiger charge is 2.30. The molecule has 1 aliphatic rings. The predicted molar refractivity (Wildman–Crippen MR) is 117 cm³/mol. The van der Waals surface area contributed by atoms with E-state index in [0.717, 1.165) is 23.4 Å². The van der Waals surface area contributed by atoms with Crippen LogP contribution in [0.5, 0.6) is 0 Å². The number of hydrogen-bond donors (Lipinski definition) is 0. The number of halogens is 3. The number of aromatic nitrogens is 2. The molecule has 0 N–H and O–H groups in total. The van der Waals surface area contributed by atoms with E-state index >= 15 is 0 Å². The normalized spacial score (nSPS) is 14.5. The Morgan fingerprint density at radius 1 is 0.875 bits per heavy atom. The van der Waals surface area contributed by atoms with E-state index in [2.05, 4.69) is 14.9 Å². The highest BCUT2D eigenvalue weighted by atomic mass is 19.4. The van der Waals surface area contributed by atoms with Gasteiger partial charge in [0, 0.05) is 49.1 Å². The summed E-state index contributed by atoms with van der Waals surface area (Å²) in [5.74, 6) is 1.09. The van der Waals surface area contributed by atoms with E-state index in [1.54, 1.807) is 0 Å². The number of alkyl halides is 3. The first kappa shape index (κ1) is 21.8. The van der Waals surface area contributed by atoms with Crippen LogP contribution in [-0.2, 0) is 6.18 Å². The molecule has 1 saturated heterocycles.